The number of piperidine rings is 1. The molecule has 1 aromatic heterocycles. The second kappa shape index (κ2) is 8.92. The minimum Gasteiger partial charge on any atom is -0.378 e. The zero-order chi connectivity index (χ0) is 20.2. The second-order valence-electron chi connectivity index (χ2n) is 7.88. The largest absolute Gasteiger partial charge is 0.378 e. The fourth-order valence-corrected chi connectivity index (χ4v) is 4.10. The van der Waals surface area contributed by atoms with Crippen molar-refractivity contribution < 1.29 is 9.53 Å². The highest BCUT2D eigenvalue weighted by Gasteiger charge is 2.24. The van der Waals surface area contributed by atoms with Crippen LogP contribution in [0.3, 0.4) is 0 Å². The number of rotatable bonds is 5. The molecule has 2 aliphatic heterocycles. The Bertz CT molecular complexity index is 822. The Morgan fingerprint density at radius 2 is 1.90 bits per heavy atom. The molecule has 0 bridgehead atoms. The van der Waals surface area contributed by atoms with Crippen LogP contribution < -0.4 is 10.2 Å². The molecule has 1 N–H and O–H groups in total. The van der Waals surface area contributed by atoms with Crippen LogP contribution in [0, 0.1) is 6.92 Å². The van der Waals surface area contributed by atoms with Crippen molar-refractivity contribution in [3.8, 4) is 0 Å². The zero-order valence-corrected chi connectivity index (χ0v) is 17.3. The number of nitrogens with one attached hydrogen (secondary N) is 1. The summed E-state index contributed by atoms with van der Waals surface area (Å²) in [5, 5.41) is 11.9. The highest BCUT2D eigenvalue weighted by Crippen LogP contribution is 2.22. The summed E-state index contributed by atoms with van der Waals surface area (Å²) in [5.74, 6) is -0.0834. The van der Waals surface area contributed by atoms with Crippen molar-refractivity contribution in [2.24, 2.45) is 0 Å². The number of ether oxygens (including phenoxy) is 1. The van der Waals surface area contributed by atoms with Gasteiger partial charge in [-0.1, -0.05) is 17.3 Å². The number of morpholine rings is 1. The molecule has 8 nitrogen and oxygen atoms in total. The Balaban J connectivity index is 1.40. The number of carbonyl (C=O) groups excluding carboxylic acids is 1. The van der Waals surface area contributed by atoms with Crippen LogP contribution in [0.25, 0.3) is 0 Å². The van der Waals surface area contributed by atoms with Crippen LogP contribution in [0.5, 0.6) is 0 Å². The molecular weight excluding hydrogens is 368 g/mol. The van der Waals surface area contributed by atoms with E-state index in [9.17, 15) is 4.79 Å². The molecule has 2 saturated heterocycles. The van der Waals surface area contributed by atoms with Gasteiger partial charge < -0.3 is 19.9 Å². The Hall–Kier alpha value is -2.45. The first-order valence-electron chi connectivity index (χ1n) is 10.4. The van der Waals surface area contributed by atoms with Gasteiger partial charge in [0.2, 0.25) is 0 Å². The van der Waals surface area contributed by atoms with E-state index in [2.05, 4.69) is 44.8 Å². The van der Waals surface area contributed by atoms with Gasteiger partial charge in [-0.25, -0.2) is 4.68 Å². The summed E-state index contributed by atoms with van der Waals surface area (Å²) in [7, 11) is 1.82. The van der Waals surface area contributed by atoms with Crippen LogP contribution in [-0.4, -0.2) is 72.2 Å². The van der Waals surface area contributed by atoms with Gasteiger partial charge in [0.15, 0.2) is 5.69 Å². The van der Waals surface area contributed by atoms with Crippen LogP contribution in [0.15, 0.2) is 24.3 Å². The van der Waals surface area contributed by atoms with Gasteiger partial charge in [-0.3, -0.25) is 4.79 Å². The number of carbonyl (C=O) groups is 1. The van der Waals surface area contributed by atoms with Crippen LogP contribution in [0.1, 0.15) is 40.6 Å². The van der Waals surface area contributed by atoms with E-state index in [1.807, 2.05) is 18.7 Å². The molecule has 0 atom stereocenters. The molecule has 4 rings (SSSR count). The first kappa shape index (κ1) is 19.8. The molecule has 0 aliphatic carbocycles. The Morgan fingerprint density at radius 3 is 2.59 bits per heavy atom. The van der Waals surface area contributed by atoms with Crippen molar-refractivity contribution in [3.05, 3.63) is 41.2 Å². The Labute approximate surface area is 171 Å². The van der Waals surface area contributed by atoms with Crippen molar-refractivity contribution >= 4 is 11.6 Å². The fraction of sp³-hybridized carbons (Fsp3) is 0.571. The van der Waals surface area contributed by atoms with E-state index in [0.29, 0.717) is 18.3 Å². The molecule has 3 heterocycles. The van der Waals surface area contributed by atoms with Crippen molar-refractivity contribution in [3.63, 3.8) is 0 Å². The van der Waals surface area contributed by atoms with Crippen LogP contribution in [0.4, 0.5) is 5.69 Å². The SMILES string of the molecule is Cc1c(C(=O)N(C)Cc2ccc(N3CCOCC3)cc2)nnn1C1CCNCC1. The molecule has 0 radical (unpaired) electrons. The third kappa shape index (κ3) is 4.43. The number of hydrogen-bond acceptors (Lipinski definition) is 6. The average Bonchev–Trinajstić information content (AvgIpc) is 3.16. The molecule has 2 fully saturated rings. The molecule has 0 saturated carbocycles. The van der Waals surface area contributed by atoms with Gasteiger partial charge in [-0.05, 0) is 50.6 Å². The van der Waals surface area contributed by atoms with Gasteiger partial charge in [0.1, 0.15) is 0 Å². The van der Waals surface area contributed by atoms with Crippen molar-refractivity contribution in [1.29, 1.82) is 0 Å². The summed E-state index contributed by atoms with van der Waals surface area (Å²) in [5.41, 5.74) is 3.61. The third-order valence-electron chi connectivity index (χ3n) is 5.86. The summed E-state index contributed by atoms with van der Waals surface area (Å²) in [6.07, 6.45) is 2.03. The molecule has 156 valence electrons. The van der Waals surface area contributed by atoms with E-state index in [0.717, 1.165) is 63.5 Å². The molecule has 2 aliphatic rings. The highest BCUT2D eigenvalue weighted by atomic mass is 16.5. The normalized spacial score (nSPS) is 18.1. The van der Waals surface area contributed by atoms with Crippen molar-refractivity contribution in [2.45, 2.75) is 32.4 Å². The number of aromatic nitrogens is 3. The molecule has 1 aromatic carbocycles. The van der Waals surface area contributed by atoms with E-state index in [1.54, 1.807) is 4.90 Å². The van der Waals surface area contributed by atoms with Crippen molar-refractivity contribution in [2.75, 3.05) is 51.3 Å². The number of benzene rings is 1. The van der Waals surface area contributed by atoms with Gasteiger partial charge in [0, 0.05) is 32.4 Å². The van der Waals surface area contributed by atoms with Gasteiger partial charge in [0.05, 0.1) is 24.9 Å². The molecule has 1 amide bonds. The number of nitrogens with zero attached hydrogens (tertiary/aromatic N) is 5. The summed E-state index contributed by atoms with van der Waals surface area (Å²) >= 11 is 0. The summed E-state index contributed by atoms with van der Waals surface area (Å²) in [4.78, 5) is 17.0. The van der Waals surface area contributed by atoms with E-state index in [4.69, 9.17) is 4.74 Å². The first-order chi connectivity index (χ1) is 14.1. The molecule has 8 heteroatoms. The molecule has 29 heavy (non-hydrogen) atoms. The minimum atomic E-state index is -0.0834. The lowest BCUT2D eigenvalue weighted by Gasteiger charge is -2.29. The standard InChI is InChI=1S/C21H30N6O2/c1-16-20(23-24-27(16)19-7-9-22-10-8-19)21(28)25(2)15-17-3-5-18(6-4-17)26-11-13-29-14-12-26/h3-6,19,22H,7-15H2,1-2H3. The highest BCUT2D eigenvalue weighted by molar-refractivity contribution is 5.93. The molecular formula is C21H30N6O2. The van der Waals surface area contributed by atoms with E-state index < -0.39 is 0 Å². The first-order valence-corrected chi connectivity index (χ1v) is 10.4. The summed E-state index contributed by atoms with van der Waals surface area (Å²) in [6, 6.07) is 8.75. The molecule has 2 aromatic rings. The predicted octanol–water partition coefficient (Wildman–Crippen LogP) is 1.62. The number of hydrogen-bond donors (Lipinski definition) is 1. The van der Waals surface area contributed by atoms with Gasteiger partial charge in [0.25, 0.3) is 5.91 Å². The van der Waals surface area contributed by atoms with Gasteiger partial charge in [-0.15, -0.1) is 5.10 Å². The second-order valence-corrected chi connectivity index (χ2v) is 7.88. The summed E-state index contributed by atoms with van der Waals surface area (Å²) < 4.78 is 7.34. The maximum atomic E-state index is 13.0. The van der Waals surface area contributed by atoms with Gasteiger partial charge >= 0.3 is 0 Å². The maximum Gasteiger partial charge on any atom is 0.276 e. The van der Waals surface area contributed by atoms with E-state index >= 15 is 0 Å². The third-order valence-corrected chi connectivity index (χ3v) is 5.86. The lowest BCUT2D eigenvalue weighted by molar-refractivity contribution is 0.0778. The predicted molar refractivity (Wildman–Crippen MR) is 111 cm³/mol. The lowest BCUT2D eigenvalue weighted by atomic mass is 10.1. The van der Waals surface area contributed by atoms with Crippen LogP contribution >= 0.6 is 0 Å². The lowest BCUT2D eigenvalue weighted by Crippen LogP contribution is -2.36. The summed E-state index contributed by atoms with van der Waals surface area (Å²) in [6.45, 7) is 7.84. The topological polar surface area (TPSA) is 75.5 Å². The number of anilines is 1. The smallest absolute Gasteiger partial charge is 0.276 e. The van der Waals surface area contributed by atoms with E-state index in [1.165, 1.54) is 5.69 Å². The van der Waals surface area contributed by atoms with Crippen LogP contribution in [-0.2, 0) is 11.3 Å². The quantitative estimate of drug-likeness (QED) is 0.825. The molecule has 0 unspecified atom stereocenters. The van der Waals surface area contributed by atoms with Crippen molar-refractivity contribution in [1.82, 2.24) is 25.2 Å². The molecule has 0 spiro atoms. The zero-order valence-electron chi connectivity index (χ0n) is 17.3. The Morgan fingerprint density at radius 1 is 1.21 bits per heavy atom. The average molecular weight is 399 g/mol. The minimum absolute atomic E-state index is 0.0834. The number of amides is 1. The maximum absolute atomic E-state index is 13.0. The van der Waals surface area contributed by atoms with Gasteiger partial charge in [-0.2, -0.15) is 0 Å². The fourth-order valence-electron chi connectivity index (χ4n) is 4.10. The monoisotopic (exact) mass is 398 g/mol. The Kier molecular flexibility index (Phi) is 6.10. The van der Waals surface area contributed by atoms with Crippen LogP contribution in [0.2, 0.25) is 0 Å². The van der Waals surface area contributed by atoms with E-state index in [-0.39, 0.29) is 5.91 Å².